The summed E-state index contributed by atoms with van der Waals surface area (Å²) < 4.78 is 2.22. The lowest BCUT2D eigenvalue weighted by Crippen LogP contribution is -2.29. The van der Waals surface area contributed by atoms with E-state index in [0.29, 0.717) is 12.0 Å². The van der Waals surface area contributed by atoms with Gasteiger partial charge in [-0.1, -0.05) is 0 Å². The fourth-order valence-corrected chi connectivity index (χ4v) is 3.37. The Morgan fingerprint density at radius 3 is 2.79 bits per heavy atom. The molecule has 0 spiro atoms. The van der Waals surface area contributed by atoms with Crippen LogP contribution < -0.4 is 0 Å². The molecular formula is C15H24N2O2. The Morgan fingerprint density at radius 1 is 1.53 bits per heavy atom. The second kappa shape index (κ2) is 5.37. The quantitative estimate of drug-likeness (QED) is 0.908. The van der Waals surface area contributed by atoms with E-state index in [1.807, 2.05) is 0 Å². The molecule has 0 bridgehead atoms. The third-order valence-electron chi connectivity index (χ3n) is 4.31. The van der Waals surface area contributed by atoms with Crippen LogP contribution in [0.3, 0.4) is 0 Å². The molecule has 2 atom stereocenters. The van der Waals surface area contributed by atoms with Crippen molar-refractivity contribution in [3.63, 3.8) is 0 Å². The summed E-state index contributed by atoms with van der Waals surface area (Å²) in [4.78, 5) is 13.0. The Labute approximate surface area is 115 Å². The summed E-state index contributed by atoms with van der Waals surface area (Å²) in [6.45, 7) is 2.17. The second-order valence-corrected chi connectivity index (χ2v) is 6.00. The lowest BCUT2D eigenvalue weighted by atomic mass is 9.80. The number of aliphatic carboxylic acids is 1. The number of carboxylic acids is 1. The van der Waals surface area contributed by atoms with Gasteiger partial charge in [0, 0.05) is 31.4 Å². The molecule has 19 heavy (non-hydrogen) atoms. The normalized spacial score (nSPS) is 22.6. The van der Waals surface area contributed by atoms with Crippen molar-refractivity contribution in [2.75, 3.05) is 14.1 Å². The minimum Gasteiger partial charge on any atom is -0.481 e. The zero-order valence-electron chi connectivity index (χ0n) is 12.3. The maximum Gasteiger partial charge on any atom is 0.303 e. The Hall–Kier alpha value is -1.29. The molecular weight excluding hydrogens is 240 g/mol. The van der Waals surface area contributed by atoms with Crippen LogP contribution in [0.2, 0.25) is 0 Å². The topological polar surface area (TPSA) is 45.5 Å². The van der Waals surface area contributed by atoms with Crippen LogP contribution >= 0.6 is 0 Å². The molecule has 0 aromatic carbocycles. The van der Waals surface area contributed by atoms with E-state index in [1.54, 1.807) is 0 Å². The van der Waals surface area contributed by atoms with E-state index in [2.05, 4.69) is 43.7 Å². The summed E-state index contributed by atoms with van der Waals surface area (Å²) >= 11 is 0. The smallest absolute Gasteiger partial charge is 0.303 e. The summed E-state index contributed by atoms with van der Waals surface area (Å²) in [6.07, 6.45) is 5.34. The van der Waals surface area contributed by atoms with Crippen molar-refractivity contribution >= 4 is 5.97 Å². The molecule has 0 amide bonds. The van der Waals surface area contributed by atoms with Crippen LogP contribution in [-0.2, 0) is 18.3 Å². The number of fused-ring (bicyclic) bond motifs is 1. The number of hydrogen-bond acceptors (Lipinski definition) is 2. The summed E-state index contributed by atoms with van der Waals surface area (Å²) in [7, 11) is 6.32. The minimum atomic E-state index is -0.685. The van der Waals surface area contributed by atoms with E-state index in [4.69, 9.17) is 5.11 Å². The van der Waals surface area contributed by atoms with Crippen LogP contribution in [-0.4, -0.2) is 34.6 Å². The molecule has 0 aliphatic heterocycles. The predicted molar refractivity (Wildman–Crippen MR) is 75.3 cm³/mol. The molecule has 1 heterocycles. The Kier molecular flexibility index (Phi) is 3.99. The van der Waals surface area contributed by atoms with Gasteiger partial charge in [0.15, 0.2) is 0 Å². The number of aryl methyl sites for hydroxylation is 2. The number of aromatic nitrogens is 1. The van der Waals surface area contributed by atoms with Gasteiger partial charge in [0.05, 0.1) is 0 Å². The molecule has 106 valence electrons. The van der Waals surface area contributed by atoms with Gasteiger partial charge >= 0.3 is 5.97 Å². The molecule has 1 aliphatic rings. The van der Waals surface area contributed by atoms with E-state index < -0.39 is 5.97 Å². The lowest BCUT2D eigenvalue weighted by molar-refractivity contribution is -0.137. The Balaban J connectivity index is 2.25. The summed E-state index contributed by atoms with van der Waals surface area (Å²) in [5.41, 5.74) is 4.20. The monoisotopic (exact) mass is 264 g/mol. The first kappa shape index (κ1) is 14.1. The highest BCUT2D eigenvalue weighted by molar-refractivity contribution is 5.66. The highest BCUT2D eigenvalue weighted by atomic mass is 16.4. The minimum absolute atomic E-state index is 0.281. The van der Waals surface area contributed by atoms with Crippen LogP contribution in [0.15, 0.2) is 6.20 Å². The third-order valence-corrected chi connectivity index (χ3v) is 4.31. The van der Waals surface area contributed by atoms with Gasteiger partial charge in [-0.05, 0) is 57.3 Å². The number of carboxylic acid groups (broad SMARTS) is 1. The molecule has 0 fully saturated rings. The molecule has 4 nitrogen and oxygen atoms in total. The van der Waals surface area contributed by atoms with E-state index in [9.17, 15) is 4.79 Å². The molecule has 2 rings (SSSR count). The van der Waals surface area contributed by atoms with E-state index >= 15 is 0 Å². The Bertz CT molecular complexity index is 477. The number of carbonyl (C=O) groups is 1. The van der Waals surface area contributed by atoms with Crippen molar-refractivity contribution in [2.45, 2.75) is 38.6 Å². The van der Waals surface area contributed by atoms with Gasteiger partial charge in [0.1, 0.15) is 0 Å². The molecule has 1 aliphatic carbocycles. The van der Waals surface area contributed by atoms with E-state index in [0.717, 1.165) is 19.3 Å². The zero-order valence-corrected chi connectivity index (χ0v) is 12.3. The van der Waals surface area contributed by atoms with Gasteiger partial charge in [0.25, 0.3) is 0 Å². The maximum atomic E-state index is 10.8. The zero-order chi connectivity index (χ0) is 14.2. The average molecular weight is 264 g/mol. The van der Waals surface area contributed by atoms with Gasteiger partial charge in [-0.15, -0.1) is 0 Å². The van der Waals surface area contributed by atoms with Crippen LogP contribution in [0.4, 0.5) is 0 Å². The van der Waals surface area contributed by atoms with Gasteiger partial charge in [-0.3, -0.25) is 4.79 Å². The number of nitrogens with zero attached hydrogens (tertiary/aromatic N) is 2. The van der Waals surface area contributed by atoms with E-state index in [1.165, 1.54) is 16.8 Å². The second-order valence-electron chi connectivity index (χ2n) is 6.00. The highest BCUT2D eigenvalue weighted by Crippen LogP contribution is 2.40. The standard InChI is InChI=1S/C15H24N2O2/c1-10-9-17(4)13-8-11(5-6-14(18)19)7-12(15(10)13)16(2)3/h9,11-12H,5-8H2,1-4H3,(H,18,19). The fraction of sp³-hybridized carbons (Fsp3) is 0.667. The van der Waals surface area contributed by atoms with Crippen LogP contribution in [0.5, 0.6) is 0 Å². The molecule has 0 saturated heterocycles. The van der Waals surface area contributed by atoms with Crippen molar-refractivity contribution in [1.82, 2.24) is 9.47 Å². The molecule has 1 aromatic heterocycles. The first-order valence-electron chi connectivity index (χ1n) is 6.93. The molecule has 2 unspecified atom stereocenters. The maximum absolute atomic E-state index is 10.8. The Morgan fingerprint density at radius 2 is 2.21 bits per heavy atom. The molecule has 1 N–H and O–H groups in total. The number of rotatable bonds is 4. The predicted octanol–water partition coefficient (Wildman–Crippen LogP) is 2.36. The van der Waals surface area contributed by atoms with Crippen molar-refractivity contribution in [3.05, 3.63) is 23.0 Å². The largest absolute Gasteiger partial charge is 0.481 e. The van der Waals surface area contributed by atoms with Gasteiger partial charge < -0.3 is 14.6 Å². The lowest BCUT2D eigenvalue weighted by Gasteiger charge is -2.34. The van der Waals surface area contributed by atoms with Crippen molar-refractivity contribution < 1.29 is 9.90 Å². The molecule has 1 aromatic rings. The molecule has 0 saturated carbocycles. The third kappa shape index (κ3) is 2.84. The van der Waals surface area contributed by atoms with Crippen LogP contribution in [0.1, 0.15) is 42.1 Å². The van der Waals surface area contributed by atoms with Gasteiger partial charge in [0.2, 0.25) is 0 Å². The van der Waals surface area contributed by atoms with E-state index in [-0.39, 0.29) is 6.42 Å². The molecule has 4 heteroatoms. The molecule has 0 radical (unpaired) electrons. The van der Waals surface area contributed by atoms with Gasteiger partial charge in [-0.25, -0.2) is 0 Å². The van der Waals surface area contributed by atoms with Crippen LogP contribution in [0.25, 0.3) is 0 Å². The first-order valence-corrected chi connectivity index (χ1v) is 6.93. The summed E-state index contributed by atoms with van der Waals surface area (Å²) in [5.74, 6) is -0.209. The van der Waals surface area contributed by atoms with Gasteiger partial charge in [-0.2, -0.15) is 0 Å². The van der Waals surface area contributed by atoms with Crippen LogP contribution in [0, 0.1) is 12.8 Å². The van der Waals surface area contributed by atoms with Crippen molar-refractivity contribution in [3.8, 4) is 0 Å². The SMILES string of the molecule is Cc1cn(C)c2c1C(N(C)C)CC(CCC(=O)O)C2. The van der Waals surface area contributed by atoms with Crippen molar-refractivity contribution in [1.29, 1.82) is 0 Å². The number of hydrogen-bond donors (Lipinski definition) is 1. The highest BCUT2D eigenvalue weighted by Gasteiger charge is 2.31. The summed E-state index contributed by atoms with van der Waals surface area (Å²) in [6, 6.07) is 0.420. The van der Waals surface area contributed by atoms with Crippen molar-refractivity contribution in [2.24, 2.45) is 13.0 Å². The fourth-order valence-electron chi connectivity index (χ4n) is 3.37. The average Bonchev–Trinajstić information content (AvgIpc) is 2.61. The summed E-state index contributed by atoms with van der Waals surface area (Å²) in [5, 5.41) is 8.86. The first-order chi connectivity index (χ1) is 8.90.